The minimum atomic E-state index is -4.47. The van der Waals surface area contributed by atoms with Gasteiger partial charge >= 0.3 is 59.1 Å². The Balaban J connectivity index is -0.000000201. The van der Waals surface area contributed by atoms with Crippen molar-refractivity contribution in [1.82, 2.24) is 0 Å². The van der Waals surface area contributed by atoms with Crippen molar-refractivity contribution in [3.63, 3.8) is 0 Å². The third-order valence-electron chi connectivity index (χ3n) is 2.40. The van der Waals surface area contributed by atoms with Gasteiger partial charge in [-0.15, -0.1) is 0 Å². The van der Waals surface area contributed by atoms with Crippen molar-refractivity contribution in [3.05, 3.63) is 36.4 Å². The summed E-state index contributed by atoms with van der Waals surface area (Å²) in [5.74, 6) is 0. The molecule has 0 aliphatic rings. The molecule has 0 aliphatic carbocycles. The van der Waals surface area contributed by atoms with Gasteiger partial charge in [-0.05, 0) is 12.1 Å². The summed E-state index contributed by atoms with van der Waals surface area (Å²) in [6, 6.07) is 7.53. The van der Waals surface area contributed by atoms with Gasteiger partial charge in [0.05, 0.1) is 0 Å². The van der Waals surface area contributed by atoms with Crippen molar-refractivity contribution in [2.45, 2.75) is 9.79 Å². The molecule has 0 saturated carbocycles. The average Bonchev–Trinajstić information content (AvgIpc) is 2.24. The number of benzene rings is 2. The van der Waals surface area contributed by atoms with E-state index in [1.54, 1.807) is 0 Å². The van der Waals surface area contributed by atoms with Crippen LogP contribution >= 0.6 is 0 Å². The number of fused-ring (bicyclic) bond motifs is 1. The van der Waals surface area contributed by atoms with Gasteiger partial charge in [0.25, 0.3) is 20.2 Å². The molecule has 0 saturated heterocycles. The van der Waals surface area contributed by atoms with Crippen LogP contribution in [0.15, 0.2) is 46.2 Å². The fourth-order valence-corrected chi connectivity index (χ4v) is 3.12. The van der Waals surface area contributed by atoms with E-state index in [-0.39, 0.29) is 83.7 Å². The first kappa shape index (κ1) is 27.3. The molecule has 0 atom stereocenters. The van der Waals surface area contributed by atoms with Gasteiger partial charge in [-0.1, -0.05) is 24.3 Å². The van der Waals surface area contributed by atoms with Gasteiger partial charge in [0.15, 0.2) is 0 Å². The molecule has 0 radical (unpaired) electrons. The monoisotopic (exact) mass is 372 g/mol. The van der Waals surface area contributed by atoms with E-state index in [9.17, 15) is 16.8 Å². The smallest absolute Gasteiger partial charge is 1.00 e. The van der Waals surface area contributed by atoms with E-state index in [2.05, 4.69) is 0 Å². The summed E-state index contributed by atoms with van der Waals surface area (Å²) in [6.45, 7) is 0. The number of rotatable bonds is 2. The molecular formula is C10H14Na2O8S2. The van der Waals surface area contributed by atoms with Crippen molar-refractivity contribution in [3.8, 4) is 0 Å². The molecule has 0 spiro atoms. The van der Waals surface area contributed by atoms with Crippen LogP contribution in [0.1, 0.15) is 2.85 Å². The van der Waals surface area contributed by atoms with E-state index >= 15 is 0 Å². The molecule has 2 aromatic rings. The predicted molar refractivity (Wildman–Crippen MR) is 73.0 cm³/mol. The maximum Gasteiger partial charge on any atom is 1.00 e. The second-order valence-electron chi connectivity index (χ2n) is 3.56. The Morgan fingerprint density at radius 2 is 0.955 bits per heavy atom. The van der Waals surface area contributed by atoms with Crippen molar-refractivity contribution < 1.29 is 98.9 Å². The van der Waals surface area contributed by atoms with E-state index < -0.39 is 30.0 Å². The van der Waals surface area contributed by atoms with E-state index in [0.29, 0.717) is 0 Å². The Hall–Kier alpha value is 0.440. The van der Waals surface area contributed by atoms with Gasteiger partial charge in [0, 0.05) is 10.8 Å². The maximum atomic E-state index is 11.2. The van der Waals surface area contributed by atoms with Gasteiger partial charge in [-0.3, -0.25) is 9.11 Å². The SMILES string of the molecule is O.O.O=S(=O)(O)c1cccc2c(S(=O)(=O)O)cccc12.[H-].[H-].[Na+].[Na+]. The fraction of sp³-hybridized carbons (Fsp3) is 0. The van der Waals surface area contributed by atoms with Crippen LogP contribution in [-0.4, -0.2) is 36.9 Å². The zero-order valence-corrected chi connectivity index (χ0v) is 17.4. The topological polar surface area (TPSA) is 172 Å². The van der Waals surface area contributed by atoms with Crippen LogP contribution < -0.4 is 59.1 Å². The zero-order chi connectivity index (χ0) is 13.6. The summed E-state index contributed by atoms with van der Waals surface area (Å²) in [6.07, 6.45) is 0. The Kier molecular flexibility index (Phi) is 12.0. The predicted octanol–water partition coefficient (Wildman–Crippen LogP) is -6.08. The minimum absolute atomic E-state index is 0. The Labute approximate surface area is 174 Å². The standard InChI is InChI=1S/C10H8O6S2.2Na.2H2O.2H/c11-17(12,13)9-5-1-3-7-8(9)4-2-6-10(7)18(14,15)16;;;;;;/h1-6H,(H,11,12,13)(H,14,15,16);;;2*1H2;;/q;2*+1;;;2*-1. The largest absolute Gasteiger partial charge is 1.00 e. The summed E-state index contributed by atoms with van der Waals surface area (Å²) in [4.78, 5) is -0.823. The first-order valence-corrected chi connectivity index (χ1v) is 7.56. The van der Waals surface area contributed by atoms with E-state index in [1.165, 1.54) is 24.3 Å². The van der Waals surface area contributed by atoms with Gasteiger partial charge < -0.3 is 13.8 Å². The second kappa shape index (κ2) is 9.67. The molecule has 2 rings (SSSR count). The molecule has 22 heavy (non-hydrogen) atoms. The minimum Gasteiger partial charge on any atom is -1.00 e. The van der Waals surface area contributed by atoms with E-state index in [4.69, 9.17) is 9.11 Å². The third kappa shape index (κ3) is 5.82. The molecule has 0 amide bonds. The van der Waals surface area contributed by atoms with Crippen molar-refractivity contribution in [2.24, 2.45) is 0 Å². The average molecular weight is 372 g/mol. The van der Waals surface area contributed by atoms with Gasteiger partial charge in [0.1, 0.15) is 9.79 Å². The van der Waals surface area contributed by atoms with Crippen LogP contribution in [-0.2, 0) is 20.2 Å². The van der Waals surface area contributed by atoms with Gasteiger partial charge in [-0.2, -0.15) is 16.8 Å². The van der Waals surface area contributed by atoms with Crippen molar-refractivity contribution in [1.29, 1.82) is 0 Å². The third-order valence-corrected chi connectivity index (χ3v) is 4.22. The zero-order valence-electron chi connectivity index (χ0n) is 13.8. The molecule has 0 unspecified atom stereocenters. The molecular weight excluding hydrogens is 358 g/mol. The second-order valence-corrected chi connectivity index (χ2v) is 6.34. The molecule has 8 nitrogen and oxygen atoms in total. The number of hydrogen-bond acceptors (Lipinski definition) is 4. The Morgan fingerprint density at radius 3 is 1.18 bits per heavy atom. The van der Waals surface area contributed by atoms with Crippen LogP contribution in [0.3, 0.4) is 0 Å². The first-order chi connectivity index (χ1) is 8.21. The molecule has 0 aromatic heterocycles. The molecule has 2 aromatic carbocycles. The Bertz CT molecular complexity index is 772. The quantitative estimate of drug-likeness (QED) is 0.392. The molecule has 116 valence electrons. The fourth-order valence-electron chi connectivity index (χ4n) is 1.70. The van der Waals surface area contributed by atoms with Gasteiger partial charge in [-0.25, -0.2) is 0 Å². The van der Waals surface area contributed by atoms with Crippen molar-refractivity contribution >= 4 is 31.0 Å². The van der Waals surface area contributed by atoms with Crippen molar-refractivity contribution in [2.75, 3.05) is 0 Å². The summed E-state index contributed by atoms with van der Waals surface area (Å²) in [7, 11) is -8.94. The summed E-state index contributed by atoms with van der Waals surface area (Å²) < 4.78 is 62.7. The summed E-state index contributed by atoms with van der Waals surface area (Å²) >= 11 is 0. The molecule has 0 heterocycles. The van der Waals surface area contributed by atoms with Gasteiger partial charge in [0.2, 0.25) is 0 Å². The Morgan fingerprint density at radius 1 is 0.682 bits per heavy atom. The number of hydrogen-bond donors (Lipinski definition) is 2. The van der Waals surface area contributed by atoms with Crippen LogP contribution in [0.2, 0.25) is 0 Å². The molecule has 12 heteroatoms. The van der Waals surface area contributed by atoms with E-state index in [1.807, 2.05) is 0 Å². The normalized spacial score (nSPS) is 10.5. The molecule has 0 fully saturated rings. The molecule has 0 bridgehead atoms. The molecule has 0 aliphatic heterocycles. The van der Waals surface area contributed by atoms with Crippen LogP contribution in [0.4, 0.5) is 0 Å². The van der Waals surface area contributed by atoms with Crippen LogP contribution in [0.25, 0.3) is 10.8 Å². The summed E-state index contributed by atoms with van der Waals surface area (Å²) in [5.41, 5.74) is 0. The maximum absolute atomic E-state index is 11.2. The molecule has 6 N–H and O–H groups in total. The van der Waals surface area contributed by atoms with Crippen LogP contribution in [0.5, 0.6) is 0 Å². The summed E-state index contributed by atoms with van der Waals surface area (Å²) in [5, 5.41) is 0.0465. The van der Waals surface area contributed by atoms with Crippen LogP contribution in [0, 0.1) is 0 Å². The first-order valence-electron chi connectivity index (χ1n) is 4.68. The van der Waals surface area contributed by atoms with E-state index in [0.717, 1.165) is 12.1 Å².